The quantitative estimate of drug-likeness (QED) is 0.771. The van der Waals surface area contributed by atoms with Crippen molar-refractivity contribution in [2.45, 2.75) is 46.6 Å². The van der Waals surface area contributed by atoms with Crippen LogP contribution in [0.3, 0.4) is 0 Å². The zero-order chi connectivity index (χ0) is 13.4. The Balaban J connectivity index is 0.000000771. The average molecular weight is 256 g/mol. The van der Waals surface area contributed by atoms with Gasteiger partial charge in [0.05, 0.1) is 13.2 Å². The second-order valence-corrected chi connectivity index (χ2v) is 5.51. The molecule has 2 aliphatic rings. The molecule has 18 heavy (non-hydrogen) atoms. The highest BCUT2D eigenvalue weighted by atomic mass is 16.5. The van der Waals surface area contributed by atoms with Gasteiger partial charge in [-0.3, -0.25) is 4.90 Å². The number of ether oxygens (including phenoxy) is 1. The van der Waals surface area contributed by atoms with Gasteiger partial charge in [0.2, 0.25) is 0 Å². The zero-order valence-electron chi connectivity index (χ0n) is 12.8. The largest absolute Gasteiger partial charge is 0.379 e. The fourth-order valence-electron chi connectivity index (χ4n) is 2.86. The van der Waals surface area contributed by atoms with Gasteiger partial charge in [0, 0.05) is 32.2 Å². The summed E-state index contributed by atoms with van der Waals surface area (Å²) in [5.41, 5.74) is 0. The van der Waals surface area contributed by atoms with Crippen LogP contribution in [0.5, 0.6) is 0 Å². The van der Waals surface area contributed by atoms with E-state index >= 15 is 0 Å². The molecule has 2 rings (SSSR count). The first-order chi connectivity index (χ1) is 8.75. The van der Waals surface area contributed by atoms with Crippen molar-refractivity contribution in [2.24, 2.45) is 5.92 Å². The summed E-state index contributed by atoms with van der Waals surface area (Å²) in [6.45, 7) is 16.7. The molecule has 0 spiro atoms. The van der Waals surface area contributed by atoms with E-state index in [2.05, 4.69) is 23.6 Å². The van der Waals surface area contributed by atoms with Crippen LogP contribution < -0.4 is 0 Å². The number of likely N-dealkylation sites (tertiary alicyclic amines) is 1. The van der Waals surface area contributed by atoms with Crippen LogP contribution in [0.4, 0.5) is 0 Å². The maximum atomic E-state index is 5.40. The molecule has 2 fully saturated rings. The predicted octanol–water partition coefficient (Wildman–Crippen LogP) is 2.47. The van der Waals surface area contributed by atoms with Crippen molar-refractivity contribution in [3.63, 3.8) is 0 Å². The summed E-state index contributed by atoms with van der Waals surface area (Å²) < 4.78 is 5.40. The minimum Gasteiger partial charge on any atom is -0.379 e. The lowest BCUT2D eigenvalue weighted by atomic mass is 9.96. The SMILES string of the molecule is CC.CC(C)N1CCCC(CN2CCOCC2)C1. The standard InChI is InChI=1S/C13H26N2O.C2H6/c1-12(2)15-5-3-4-13(11-15)10-14-6-8-16-9-7-14;1-2/h12-13H,3-11H2,1-2H3;1-2H3. The Hall–Kier alpha value is -0.120. The zero-order valence-corrected chi connectivity index (χ0v) is 12.8. The smallest absolute Gasteiger partial charge is 0.0594 e. The molecule has 0 aromatic carbocycles. The summed E-state index contributed by atoms with van der Waals surface area (Å²) in [5, 5.41) is 0. The van der Waals surface area contributed by atoms with E-state index in [1.807, 2.05) is 13.8 Å². The van der Waals surface area contributed by atoms with E-state index < -0.39 is 0 Å². The van der Waals surface area contributed by atoms with Gasteiger partial charge >= 0.3 is 0 Å². The lowest BCUT2D eigenvalue weighted by Crippen LogP contribution is -2.46. The van der Waals surface area contributed by atoms with Gasteiger partial charge in [-0.1, -0.05) is 13.8 Å². The van der Waals surface area contributed by atoms with Crippen molar-refractivity contribution in [3.8, 4) is 0 Å². The molecule has 0 bridgehead atoms. The summed E-state index contributed by atoms with van der Waals surface area (Å²) in [4.78, 5) is 5.21. The van der Waals surface area contributed by atoms with Gasteiger partial charge in [-0.15, -0.1) is 0 Å². The molecule has 0 aromatic heterocycles. The third kappa shape index (κ3) is 5.25. The van der Waals surface area contributed by atoms with Crippen LogP contribution in [0.2, 0.25) is 0 Å². The molecule has 3 nitrogen and oxygen atoms in total. The molecule has 1 unspecified atom stereocenters. The highest BCUT2D eigenvalue weighted by Gasteiger charge is 2.23. The number of rotatable bonds is 3. The van der Waals surface area contributed by atoms with E-state index in [1.165, 1.54) is 32.5 Å². The lowest BCUT2D eigenvalue weighted by molar-refractivity contribution is 0.0207. The Morgan fingerprint density at radius 2 is 1.78 bits per heavy atom. The Morgan fingerprint density at radius 1 is 1.11 bits per heavy atom. The van der Waals surface area contributed by atoms with Crippen LogP contribution in [0, 0.1) is 5.92 Å². The minimum absolute atomic E-state index is 0.715. The molecule has 2 aliphatic heterocycles. The topological polar surface area (TPSA) is 15.7 Å². The first-order valence-corrected chi connectivity index (χ1v) is 7.80. The van der Waals surface area contributed by atoms with Gasteiger partial charge in [0.1, 0.15) is 0 Å². The summed E-state index contributed by atoms with van der Waals surface area (Å²) in [6, 6.07) is 0.715. The van der Waals surface area contributed by atoms with E-state index in [0.717, 1.165) is 32.2 Å². The van der Waals surface area contributed by atoms with Crippen LogP contribution >= 0.6 is 0 Å². The molecule has 2 heterocycles. The molecule has 108 valence electrons. The minimum atomic E-state index is 0.715. The molecule has 0 amide bonds. The van der Waals surface area contributed by atoms with Crippen LogP contribution in [0.25, 0.3) is 0 Å². The number of morpholine rings is 1. The van der Waals surface area contributed by atoms with Gasteiger partial charge in [-0.25, -0.2) is 0 Å². The number of hydrogen-bond donors (Lipinski definition) is 0. The first kappa shape index (κ1) is 15.9. The summed E-state index contributed by atoms with van der Waals surface area (Å²) in [5.74, 6) is 0.884. The number of hydrogen-bond acceptors (Lipinski definition) is 3. The highest BCUT2D eigenvalue weighted by molar-refractivity contribution is 4.78. The van der Waals surface area contributed by atoms with Gasteiger partial charge in [0.15, 0.2) is 0 Å². The molecule has 0 aliphatic carbocycles. The molecule has 0 aromatic rings. The van der Waals surface area contributed by atoms with Gasteiger partial charge in [-0.05, 0) is 39.2 Å². The summed E-state index contributed by atoms with van der Waals surface area (Å²) >= 11 is 0. The Kier molecular flexibility index (Phi) is 7.87. The molecular formula is C15H32N2O. The lowest BCUT2D eigenvalue weighted by Gasteiger charge is -2.38. The van der Waals surface area contributed by atoms with Crippen LogP contribution in [0.15, 0.2) is 0 Å². The van der Waals surface area contributed by atoms with Gasteiger partial charge < -0.3 is 9.64 Å². The van der Waals surface area contributed by atoms with Crippen LogP contribution in [-0.2, 0) is 4.74 Å². The van der Waals surface area contributed by atoms with Crippen molar-refractivity contribution < 1.29 is 4.74 Å². The second-order valence-electron chi connectivity index (χ2n) is 5.51. The van der Waals surface area contributed by atoms with E-state index in [1.54, 1.807) is 0 Å². The Morgan fingerprint density at radius 3 is 2.39 bits per heavy atom. The maximum Gasteiger partial charge on any atom is 0.0594 e. The summed E-state index contributed by atoms with van der Waals surface area (Å²) in [7, 11) is 0. The first-order valence-electron chi connectivity index (χ1n) is 7.80. The van der Waals surface area contributed by atoms with Gasteiger partial charge in [-0.2, -0.15) is 0 Å². The maximum absolute atomic E-state index is 5.40. The van der Waals surface area contributed by atoms with Gasteiger partial charge in [0.25, 0.3) is 0 Å². The van der Waals surface area contributed by atoms with Crippen molar-refractivity contribution >= 4 is 0 Å². The molecule has 0 N–H and O–H groups in total. The van der Waals surface area contributed by atoms with Crippen LogP contribution in [0.1, 0.15) is 40.5 Å². The van der Waals surface area contributed by atoms with Crippen LogP contribution in [-0.4, -0.2) is 61.8 Å². The Bertz CT molecular complexity index is 203. The monoisotopic (exact) mass is 256 g/mol. The summed E-state index contributed by atoms with van der Waals surface area (Å²) in [6.07, 6.45) is 2.80. The second kappa shape index (κ2) is 8.89. The average Bonchev–Trinajstić information content (AvgIpc) is 2.42. The molecule has 1 atom stereocenters. The molecule has 0 radical (unpaired) electrons. The molecule has 0 saturated carbocycles. The number of nitrogens with zero attached hydrogens (tertiary/aromatic N) is 2. The van der Waals surface area contributed by atoms with E-state index in [-0.39, 0.29) is 0 Å². The highest BCUT2D eigenvalue weighted by Crippen LogP contribution is 2.19. The third-order valence-corrected chi connectivity index (χ3v) is 3.90. The molecular weight excluding hydrogens is 224 g/mol. The fraction of sp³-hybridized carbons (Fsp3) is 1.00. The number of piperidine rings is 1. The van der Waals surface area contributed by atoms with E-state index in [0.29, 0.717) is 6.04 Å². The fourth-order valence-corrected chi connectivity index (χ4v) is 2.86. The van der Waals surface area contributed by atoms with E-state index in [9.17, 15) is 0 Å². The van der Waals surface area contributed by atoms with Crippen molar-refractivity contribution in [2.75, 3.05) is 45.9 Å². The third-order valence-electron chi connectivity index (χ3n) is 3.90. The molecule has 2 saturated heterocycles. The Labute approximate surface area is 113 Å². The molecule has 3 heteroatoms. The van der Waals surface area contributed by atoms with Crippen molar-refractivity contribution in [1.29, 1.82) is 0 Å². The van der Waals surface area contributed by atoms with E-state index in [4.69, 9.17) is 4.74 Å². The predicted molar refractivity (Wildman–Crippen MR) is 78.0 cm³/mol. The van der Waals surface area contributed by atoms with Crippen molar-refractivity contribution in [3.05, 3.63) is 0 Å². The normalized spacial score (nSPS) is 26.8. The van der Waals surface area contributed by atoms with Crippen molar-refractivity contribution in [1.82, 2.24) is 9.80 Å².